The topological polar surface area (TPSA) is 41.1 Å². The average molecular weight is 311 g/mol. The number of halogens is 1. The van der Waals surface area contributed by atoms with E-state index in [0.29, 0.717) is 5.92 Å². The van der Waals surface area contributed by atoms with Crippen molar-refractivity contribution in [1.29, 1.82) is 0 Å². The molecule has 1 saturated heterocycles. The summed E-state index contributed by atoms with van der Waals surface area (Å²) >= 11 is 0. The normalized spacial score (nSPS) is 19.7. The van der Waals surface area contributed by atoms with Gasteiger partial charge in [-0.1, -0.05) is 44.5 Å². The van der Waals surface area contributed by atoms with Crippen LogP contribution < -0.4 is 10.6 Å². The molecule has 0 aliphatic carbocycles. The summed E-state index contributed by atoms with van der Waals surface area (Å²) in [6.07, 6.45) is 3.27. The van der Waals surface area contributed by atoms with Crippen LogP contribution in [-0.4, -0.2) is 18.5 Å². The Morgan fingerprint density at radius 1 is 1.14 bits per heavy atom. The van der Waals surface area contributed by atoms with Crippen LogP contribution in [0.3, 0.4) is 0 Å². The van der Waals surface area contributed by atoms with Crippen LogP contribution in [0.25, 0.3) is 0 Å². The van der Waals surface area contributed by atoms with Crippen LogP contribution in [0.2, 0.25) is 0 Å². The SMILES string of the molecule is CC(C)c1ccc(C(C)NC(=O)[C@@H]2CCCCN2)cc1.Cl. The highest BCUT2D eigenvalue weighted by atomic mass is 35.5. The number of amides is 1. The van der Waals surface area contributed by atoms with E-state index in [2.05, 4.69) is 48.7 Å². The van der Waals surface area contributed by atoms with E-state index in [1.54, 1.807) is 0 Å². The van der Waals surface area contributed by atoms with Gasteiger partial charge in [0.05, 0.1) is 12.1 Å². The van der Waals surface area contributed by atoms with E-state index in [4.69, 9.17) is 0 Å². The second-order valence-electron chi connectivity index (χ2n) is 6.05. The fraction of sp³-hybridized carbons (Fsp3) is 0.588. The molecule has 4 heteroatoms. The number of hydrogen-bond donors (Lipinski definition) is 2. The van der Waals surface area contributed by atoms with Crippen LogP contribution in [0.5, 0.6) is 0 Å². The summed E-state index contributed by atoms with van der Waals surface area (Å²) in [5.74, 6) is 0.672. The van der Waals surface area contributed by atoms with Crippen LogP contribution in [0.15, 0.2) is 24.3 Å². The van der Waals surface area contributed by atoms with E-state index in [1.807, 2.05) is 6.92 Å². The maximum atomic E-state index is 12.2. The van der Waals surface area contributed by atoms with Gasteiger partial charge in [-0.15, -0.1) is 12.4 Å². The third-order valence-electron chi connectivity index (χ3n) is 4.09. The van der Waals surface area contributed by atoms with Crippen LogP contribution in [0.4, 0.5) is 0 Å². The van der Waals surface area contributed by atoms with Crippen molar-refractivity contribution in [1.82, 2.24) is 10.6 Å². The Labute approximate surface area is 134 Å². The molecule has 0 saturated carbocycles. The monoisotopic (exact) mass is 310 g/mol. The standard InChI is InChI=1S/C17H26N2O.ClH/c1-12(2)14-7-9-15(10-8-14)13(3)19-17(20)16-6-4-5-11-18-16;/h7-10,12-13,16,18H,4-6,11H2,1-3H3,(H,19,20);1H/t13?,16-;/m0./s1. The van der Waals surface area contributed by atoms with Gasteiger partial charge in [-0.3, -0.25) is 4.79 Å². The third kappa shape index (κ3) is 5.01. The Bertz CT molecular complexity index is 439. The van der Waals surface area contributed by atoms with Crippen molar-refractivity contribution in [3.63, 3.8) is 0 Å². The Kier molecular flexibility index (Phi) is 7.20. The fourth-order valence-electron chi connectivity index (χ4n) is 2.64. The molecule has 1 aromatic rings. The largest absolute Gasteiger partial charge is 0.348 e. The molecule has 1 unspecified atom stereocenters. The van der Waals surface area contributed by atoms with Crippen molar-refractivity contribution in [2.75, 3.05) is 6.54 Å². The van der Waals surface area contributed by atoms with E-state index in [-0.39, 0.29) is 30.4 Å². The summed E-state index contributed by atoms with van der Waals surface area (Å²) in [5.41, 5.74) is 2.50. The molecule has 1 aromatic carbocycles. The first-order chi connectivity index (χ1) is 9.58. The number of piperidine rings is 1. The van der Waals surface area contributed by atoms with E-state index < -0.39 is 0 Å². The highest BCUT2D eigenvalue weighted by Crippen LogP contribution is 2.19. The van der Waals surface area contributed by atoms with Gasteiger partial charge in [-0.2, -0.15) is 0 Å². The Morgan fingerprint density at radius 2 is 1.76 bits per heavy atom. The lowest BCUT2D eigenvalue weighted by Gasteiger charge is -2.24. The van der Waals surface area contributed by atoms with E-state index in [1.165, 1.54) is 17.5 Å². The Hall–Kier alpha value is -1.06. The molecule has 2 N–H and O–H groups in total. The molecule has 3 nitrogen and oxygen atoms in total. The van der Waals surface area contributed by atoms with Crippen molar-refractivity contribution in [2.45, 2.75) is 58.0 Å². The van der Waals surface area contributed by atoms with E-state index >= 15 is 0 Å². The summed E-state index contributed by atoms with van der Waals surface area (Å²) in [4.78, 5) is 12.2. The maximum Gasteiger partial charge on any atom is 0.237 e. The molecule has 0 radical (unpaired) electrons. The van der Waals surface area contributed by atoms with Gasteiger partial charge in [0.2, 0.25) is 5.91 Å². The smallest absolute Gasteiger partial charge is 0.237 e. The van der Waals surface area contributed by atoms with Crippen molar-refractivity contribution >= 4 is 18.3 Å². The fourth-order valence-corrected chi connectivity index (χ4v) is 2.64. The first-order valence-electron chi connectivity index (χ1n) is 7.71. The Morgan fingerprint density at radius 3 is 2.29 bits per heavy atom. The van der Waals surface area contributed by atoms with E-state index in [9.17, 15) is 4.79 Å². The zero-order valence-electron chi connectivity index (χ0n) is 13.2. The minimum absolute atomic E-state index is 0. The number of hydrogen-bond acceptors (Lipinski definition) is 2. The molecule has 0 spiro atoms. The summed E-state index contributed by atoms with van der Waals surface area (Å²) in [6.45, 7) is 7.38. The summed E-state index contributed by atoms with van der Waals surface area (Å²) in [5, 5.41) is 6.40. The number of nitrogens with one attached hydrogen (secondary N) is 2. The lowest BCUT2D eigenvalue weighted by Crippen LogP contribution is -2.47. The summed E-state index contributed by atoms with van der Waals surface area (Å²) in [6, 6.07) is 8.60. The van der Waals surface area contributed by atoms with Crippen LogP contribution in [0.1, 0.15) is 63.1 Å². The summed E-state index contributed by atoms with van der Waals surface area (Å²) in [7, 11) is 0. The first kappa shape index (κ1) is 18.0. The molecule has 1 fully saturated rings. The zero-order valence-corrected chi connectivity index (χ0v) is 14.0. The molecule has 2 rings (SSSR count). The summed E-state index contributed by atoms with van der Waals surface area (Å²) < 4.78 is 0. The van der Waals surface area contributed by atoms with Gasteiger partial charge in [0.15, 0.2) is 0 Å². The van der Waals surface area contributed by atoms with E-state index in [0.717, 1.165) is 19.4 Å². The van der Waals surface area contributed by atoms with Gasteiger partial charge in [0, 0.05) is 0 Å². The number of carbonyl (C=O) groups excluding carboxylic acids is 1. The highest BCUT2D eigenvalue weighted by Gasteiger charge is 2.21. The van der Waals surface area contributed by atoms with Gasteiger partial charge < -0.3 is 10.6 Å². The predicted octanol–water partition coefficient (Wildman–Crippen LogP) is 3.55. The second-order valence-corrected chi connectivity index (χ2v) is 6.05. The Balaban J connectivity index is 0.00000220. The molecule has 21 heavy (non-hydrogen) atoms. The molecule has 2 atom stereocenters. The molecular weight excluding hydrogens is 284 g/mol. The van der Waals surface area contributed by atoms with Crippen molar-refractivity contribution in [3.8, 4) is 0 Å². The average Bonchev–Trinajstić information content (AvgIpc) is 2.48. The molecule has 1 aliphatic rings. The predicted molar refractivity (Wildman–Crippen MR) is 90.0 cm³/mol. The van der Waals surface area contributed by atoms with Gasteiger partial charge >= 0.3 is 0 Å². The minimum atomic E-state index is -0.0128. The molecule has 0 aromatic heterocycles. The van der Waals surface area contributed by atoms with Crippen LogP contribution in [0, 0.1) is 0 Å². The van der Waals surface area contributed by atoms with Gasteiger partial charge in [0.25, 0.3) is 0 Å². The molecule has 0 bridgehead atoms. The first-order valence-corrected chi connectivity index (χ1v) is 7.71. The van der Waals surface area contributed by atoms with Crippen LogP contribution in [-0.2, 0) is 4.79 Å². The zero-order chi connectivity index (χ0) is 14.5. The molecule has 1 heterocycles. The van der Waals surface area contributed by atoms with Crippen molar-refractivity contribution in [3.05, 3.63) is 35.4 Å². The number of carbonyl (C=O) groups is 1. The maximum absolute atomic E-state index is 12.2. The van der Waals surface area contributed by atoms with Crippen LogP contribution >= 0.6 is 12.4 Å². The lowest BCUT2D eigenvalue weighted by atomic mass is 9.99. The van der Waals surface area contributed by atoms with Gasteiger partial charge in [0.1, 0.15) is 0 Å². The lowest BCUT2D eigenvalue weighted by molar-refractivity contribution is -0.124. The molecule has 1 aliphatic heterocycles. The molecular formula is C17H27ClN2O. The highest BCUT2D eigenvalue weighted by molar-refractivity contribution is 5.85. The molecule has 118 valence electrons. The number of benzene rings is 1. The molecule has 1 amide bonds. The number of rotatable bonds is 4. The quantitative estimate of drug-likeness (QED) is 0.893. The van der Waals surface area contributed by atoms with Gasteiger partial charge in [-0.05, 0) is 43.4 Å². The van der Waals surface area contributed by atoms with Crippen molar-refractivity contribution < 1.29 is 4.79 Å². The minimum Gasteiger partial charge on any atom is -0.348 e. The van der Waals surface area contributed by atoms with Gasteiger partial charge in [-0.25, -0.2) is 0 Å². The van der Waals surface area contributed by atoms with Crippen molar-refractivity contribution in [2.24, 2.45) is 0 Å². The second kappa shape index (κ2) is 8.40. The third-order valence-corrected chi connectivity index (χ3v) is 4.09.